The molecule has 0 aromatic heterocycles. The molecule has 0 saturated carbocycles. The standard InChI is InChI=1S/C13H21NO/c1-5-9-15-13-8-7-12(14-6-2)10(3)11(13)4/h7-8,14H,5-6,9H2,1-4H3. The summed E-state index contributed by atoms with van der Waals surface area (Å²) in [6.45, 7) is 10.2. The minimum absolute atomic E-state index is 0.792. The minimum atomic E-state index is 0.792. The molecular formula is C13H21NO. The Labute approximate surface area is 92.6 Å². The van der Waals surface area contributed by atoms with E-state index in [1.54, 1.807) is 0 Å². The summed E-state index contributed by atoms with van der Waals surface area (Å²) in [6.07, 6.45) is 1.05. The minimum Gasteiger partial charge on any atom is -0.493 e. The molecule has 0 radical (unpaired) electrons. The van der Waals surface area contributed by atoms with Crippen molar-refractivity contribution in [2.75, 3.05) is 18.5 Å². The molecule has 0 saturated heterocycles. The molecule has 0 amide bonds. The zero-order valence-electron chi connectivity index (χ0n) is 10.2. The van der Waals surface area contributed by atoms with Crippen LogP contribution in [-0.4, -0.2) is 13.2 Å². The number of hydrogen-bond donors (Lipinski definition) is 1. The van der Waals surface area contributed by atoms with Gasteiger partial charge in [0.15, 0.2) is 0 Å². The van der Waals surface area contributed by atoms with E-state index in [0.29, 0.717) is 0 Å². The fourth-order valence-corrected chi connectivity index (χ4v) is 1.55. The van der Waals surface area contributed by atoms with Gasteiger partial charge in [-0.3, -0.25) is 0 Å². The lowest BCUT2D eigenvalue weighted by Gasteiger charge is -2.14. The molecule has 1 aromatic carbocycles. The summed E-state index contributed by atoms with van der Waals surface area (Å²) in [5.41, 5.74) is 3.73. The zero-order chi connectivity index (χ0) is 11.3. The molecular weight excluding hydrogens is 186 g/mol. The fraction of sp³-hybridized carbons (Fsp3) is 0.538. The Morgan fingerprint density at radius 3 is 2.47 bits per heavy atom. The molecule has 0 heterocycles. The first-order valence-corrected chi connectivity index (χ1v) is 5.67. The first-order chi connectivity index (χ1) is 7.20. The number of anilines is 1. The van der Waals surface area contributed by atoms with Crippen LogP contribution in [0.3, 0.4) is 0 Å². The first kappa shape index (κ1) is 11.9. The van der Waals surface area contributed by atoms with Crippen molar-refractivity contribution in [1.29, 1.82) is 0 Å². The van der Waals surface area contributed by atoms with Gasteiger partial charge in [-0.1, -0.05) is 6.92 Å². The highest BCUT2D eigenvalue weighted by molar-refractivity contribution is 5.58. The average Bonchev–Trinajstić information content (AvgIpc) is 2.24. The Hall–Kier alpha value is -1.18. The Balaban J connectivity index is 2.88. The smallest absolute Gasteiger partial charge is 0.122 e. The van der Waals surface area contributed by atoms with Gasteiger partial charge >= 0.3 is 0 Å². The highest BCUT2D eigenvalue weighted by atomic mass is 16.5. The molecule has 0 atom stereocenters. The monoisotopic (exact) mass is 207 g/mol. The number of ether oxygens (including phenoxy) is 1. The van der Waals surface area contributed by atoms with Gasteiger partial charge in [-0.05, 0) is 50.5 Å². The van der Waals surface area contributed by atoms with Crippen LogP contribution in [0.2, 0.25) is 0 Å². The molecule has 1 N–H and O–H groups in total. The van der Waals surface area contributed by atoms with E-state index in [9.17, 15) is 0 Å². The molecule has 2 nitrogen and oxygen atoms in total. The van der Waals surface area contributed by atoms with Crippen LogP contribution in [0.1, 0.15) is 31.4 Å². The van der Waals surface area contributed by atoms with Crippen molar-refractivity contribution in [1.82, 2.24) is 0 Å². The molecule has 15 heavy (non-hydrogen) atoms. The van der Waals surface area contributed by atoms with Gasteiger partial charge in [0.2, 0.25) is 0 Å². The van der Waals surface area contributed by atoms with E-state index in [4.69, 9.17) is 4.74 Å². The second-order valence-electron chi connectivity index (χ2n) is 3.74. The normalized spacial score (nSPS) is 10.1. The van der Waals surface area contributed by atoms with Crippen LogP contribution in [-0.2, 0) is 0 Å². The van der Waals surface area contributed by atoms with Crippen LogP contribution in [0.5, 0.6) is 5.75 Å². The summed E-state index contributed by atoms with van der Waals surface area (Å²) in [7, 11) is 0. The number of hydrogen-bond acceptors (Lipinski definition) is 2. The van der Waals surface area contributed by atoms with E-state index in [2.05, 4.69) is 45.1 Å². The SMILES string of the molecule is CCCOc1ccc(NCC)c(C)c1C. The maximum Gasteiger partial charge on any atom is 0.122 e. The average molecular weight is 207 g/mol. The molecule has 0 bridgehead atoms. The van der Waals surface area contributed by atoms with Crippen molar-refractivity contribution in [3.8, 4) is 5.75 Å². The largest absolute Gasteiger partial charge is 0.493 e. The maximum atomic E-state index is 5.67. The third-order valence-corrected chi connectivity index (χ3v) is 2.57. The van der Waals surface area contributed by atoms with Crippen molar-refractivity contribution >= 4 is 5.69 Å². The van der Waals surface area contributed by atoms with Gasteiger partial charge in [-0.25, -0.2) is 0 Å². The summed E-state index contributed by atoms with van der Waals surface area (Å²) >= 11 is 0. The highest BCUT2D eigenvalue weighted by Gasteiger charge is 2.05. The van der Waals surface area contributed by atoms with E-state index >= 15 is 0 Å². The lowest BCUT2D eigenvalue weighted by Crippen LogP contribution is -2.03. The predicted octanol–water partition coefficient (Wildman–Crippen LogP) is 3.52. The van der Waals surface area contributed by atoms with Crippen molar-refractivity contribution in [2.24, 2.45) is 0 Å². The van der Waals surface area contributed by atoms with Gasteiger partial charge in [-0.2, -0.15) is 0 Å². The molecule has 0 fully saturated rings. The van der Waals surface area contributed by atoms with Crippen LogP contribution in [0, 0.1) is 13.8 Å². The molecule has 1 aromatic rings. The van der Waals surface area contributed by atoms with E-state index < -0.39 is 0 Å². The first-order valence-electron chi connectivity index (χ1n) is 5.67. The van der Waals surface area contributed by atoms with Crippen molar-refractivity contribution in [2.45, 2.75) is 34.1 Å². The Bertz CT molecular complexity index is 321. The number of rotatable bonds is 5. The van der Waals surface area contributed by atoms with Crippen molar-refractivity contribution in [3.63, 3.8) is 0 Å². The highest BCUT2D eigenvalue weighted by Crippen LogP contribution is 2.27. The van der Waals surface area contributed by atoms with Crippen LogP contribution >= 0.6 is 0 Å². The molecule has 84 valence electrons. The number of benzene rings is 1. The second kappa shape index (κ2) is 5.64. The van der Waals surface area contributed by atoms with Crippen LogP contribution in [0.4, 0.5) is 5.69 Å². The van der Waals surface area contributed by atoms with Gasteiger partial charge in [-0.15, -0.1) is 0 Å². The summed E-state index contributed by atoms with van der Waals surface area (Å²) in [5.74, 6) is 1.01. The fourth-order valence-electron chi connectivity index (χ4n) is 1.55. The van der Waals surface area contributed by atoms with Crippen LogP contribution in [0.25, 0.3) is 0 Å². The van der Waals surface area contributed by atoms with E-state index in [0.717, 1.165) is 25.3 Å². The summed E-state index contributed by atoms with van der Waals surface area (Å²) < 4.78 is 5.67. The third-order valence-electron chi connectivity index (χ3n) is 2.57. The van der Waals surface area contributed by atoms with Gasteiger partial charge in [0.05, 0.1) is 6.61 Å². The Kier molecular flexibility index (Phi) is 4.47. The second-order valence-corrected chi connectivity index (χ2v) is 3.74. The molecule has 0 aliphatic rings. The Morgan fingerprint density at radius 1 is 1.13 bits per heavy atom. The van der Waals surface area contributed by atoms with E-state index in [-0.39, 0.29) is 0 Å². The van der Waals surface area contributed by atoms with Gasteiger partial charge in [0, 0.05) is 12.2 Å². The quantitative estimate of drug-likeness (QED) is 0.797. The molecule has 0 unspecified atom stereocenters. The zero-order valence-corrected chi connectivity index (χ0v) is 10.2. The number of nitrogens with one attached hydrogen (secondary N) is 1. The van der Waals surface area contributed by atoms with Gasteiger partial charge in [0.25, 0.3) is 0 Å². The van der Waals surface area contributed by atoms with Crippen LogP contribution in [0.15, 0.2) is 12.1 Å². The molecule has 1 rings (SSSR count). The van der Waals surface area contributed by atoms with E-state index in [1.165, 1.54) is 16.8 Å². The topological polar surface area (TPSA) is 21.3 Å². The molecule has 0 aliphatic heterocycles. The lowest BCUT2D eigenvalue weighted by atomic mass is 10.1. The molecule has 2 heteroatoms. The summed E-state index contributed by atoms with van der Waals surface area (Å²) in [6, 6.07) is 4.15. The van der Waals surface area contributed by atoms with E-state index in [1.807, 2.05) is 0 Å². The Morgan fingerprint density at radius 2 is 1.87 bits per heavy atom. The van der Waals surface area contributed by atoms with Crippen LogP contribution < -0.4 is 10.1 Å². The predicted molar refractivity (Wildman–Crippen MR) is 65.9 cm³/mol. The maximum absolute atomic E-state index is 5.67. The van der Waals surface area contributed by atoms with Gasteiger partial charge < -0.3 is 10.1 Å². The summed E-state index contributed by atoms with van der Waals surface area (Å²) in [5, 5.41) is 3.34. The van der Waals surface area contributed by atoms with Crippen molar-refractivity contribution in [3.05, 3.63) is 23.3 Å². The molecule has 0 spiro atoms. The van der Waals surface area contributed by atoms with Gasteiger partial charge in [0.1, 0.15) is 5.75 Å². The third kappa shape index (κ3) is 2.88. The summed E-state index contributed by atoms with van der Waals surface area (Å²) in [4.78, 5) is 0. The van der Waals surface area contributed by atoms with Crippen molar-refractivity contribution < 1.29 is 4.74 Å². The lowest BCUT2D eigenvalue weighted by molar-refractivity contribution is 0.315. The molecule has 0 aliphatic carbocycles.